The molecule has 0 saturated carbocycles. The van der Waals surface area contributed by atoms with Crippen LogP contribution in [0.1, 0.15) is 5.82 Å². The molecule has 1 rings (SSSR count). The van der Waals surface area contributed by atoms with Crippen molar-refractivity contribution >= 4 is 40.2 Å². The molecule has 2 N–H and O–H groups in total. The molecule has 0 atom stereocenters. The van der Waals surface area contributed by atoms with Crippen LogP contribution in [-0.2, 0) is 5.75 Å². The zero-order valence-electron chi connectivity index (χ0n) is 6.04. The fraction of sp³-hybridized carbons (Fsp3) is 0.333. The van der Waals surface area contributed by atoms with Crippen molar-refractivity contribution in [3.63, 3.8) is 0 Å². The normalized spacial score (nSPS) is 10.0. The Morgan fingerprint density at radius 1 is 1.73 bits per heavy atom. The van der Waals surface area contributed by atoms with Gasteiger partial charge >= 0.3 is 0 Å². The minimum atomic E-state index is 0.574. The van der Waals surface area contributed by atoms with Crippen molar-refractivity contribution in [2.45, 2.75) is 5.75 Å². The summed E-state index contributed by atoms with van der Waals surface area (Å²) >= 11 is 3.80. The average Bonchev–Trinajstić information content (AvgIpc) is 1.98. The van der Waals surface area contributed by atoms with Crippen molar-refractivity contribution in [3.8, 4) is 0 Å². The average molecular weight is 281 g/mol. The molecule has 0 aromatic carbocycles. The number of nitrogen functional groups attached to an aromatic ring is 1. The van der Waals surface area contributed by atoms with Crippen LogP contribution >= 0.6 is 34.4 Å². The van der Waals surface area contributed by atoms with Crippen molar-refractivity contribution < 1.29 is 0 Å². The Kier molecular flexibility index (Phi) is 3.38. The lowest BCUT2D eigenvalue weighted by Gasteiger charge is -1.99. The van der Waals surface area contributed by atoms with E-state index in [4.69, 9.17) is 5.73 Å². The third-order valence-corrected chi connectivity index (χ3v) is 2.47. The van der Waals surface area contributed by atoms with E-state index in [1.165, 1.54) is 0 Å². The van der Waals surface area contributed by atoms with E-state index in [1.807, 2.05) is 6.26 Å². The summed E-state index contributed by atoms with van der Waals surface area (Å²) < 4.78 is 0.910. The summed E-state index contributed by atoms with van der Waals surface area (Å²) in [7, 11) is 0. The Balaban J connectivity index is 2.86. The zero-order chi connectivity index (χ0) is 8.27. The van der Waals surface area contributed by atoms with Crippen LogP contribution in [0.4, 0.5) is 5.82 Å². The first kappa shape index (κ1) is 9.05. The van der Waals surface area contributed by atoms with Crippen molar-refractivity contribution in [2.24, 2.45) is 0 Å². The molecule has 3 nitrogen and oxygen atoms in total. The molecular formula is C6H8IN3S. The fourth-order valence-electron chi connectivity index (χ4n) is 0.617. The first-order valence-corrected chi connectivity index (χ1v) is 5.47. The van der Waals surface area contributed by atoms with E-state index in [0.29, 0.717) is 5.82 Å². The minimum absolute atomic E-state index is 0.574. The SMILES string of the molecule is CSCc1ncc(I)c(N)n1. The van der Waals surface area contributed by atoms with Gasteiger partial charge in [-0.05, 0) is 28.8 Å². The van der Waals surface area contributed by atoms with Crippen LogP contribution in [0, 0.1) is 3.57 Å². The van der Waals surface area contributed by atoms with E-state index in [2.05, 4.69) is 32.6 Å². The summed E-state index contributed by atoms with van der Waals surface area (Å²) in [6, 6.07) is 0. The summed E-state index contributed by atoms with van der Waals surface area (Å²) in [5.41, 5.74) is 5.58. The van der Waals surface area contributed by atoms with E-state index in [-0.39, 0.29) is 0 Å². The van der Waals surface area contributed by atoms with E-state index in [0.717, 1.165) is 15.1 Å². The number of hydrogen-bond acceptors (Lipinski definition) is 4. The molecule has 0 amide bonds. The van der Waals surface area contributed by atoms with Crippen LogP contribution < -0.4 is 5.73 Å². The maximum Gasteiger partial charge on any atom is 0.140 e. The van der Waals surface area contributed by atoms with Gasteiger partial charge in [0.25, 0.3) is 0 Å². The molecule has 1 aromatic heterocycles. The van der Waals surface area contributed by atoms with E-state index < -0.39 is 0 Å². The summed E-state index contributed by atoms with van der Waals surface area (Å²) in [5, 5.41) is 0. The molecule has 0 saturated heterocycles. The van der Waals surface area contributed by atoms with Gasteiger partial charge in [0, 0.05) is 6.20 Å². The van der Waals surface area contributed by atoms with Gasteiger partial charge in [-0.2, -0.15) is 11.8 Å². The van der Waals surface area contributed by atoms with Gasteiger partial charge in [0.15, 0.2) is 0 Å². The molecule has 5 heteroatoms. The van der Waals surface area contributed by atoms with Crippen LogP contribution in [0.2, 0.25) is 0 Å². The second-order valence-electron chi connectivity index (χ2n) is 1.95. The highest BCUT2D eigenvalue weighted by molar-refractivity contribution is 14.1. The van der Waals surface area contributed by atoms with E-state index in [1.54, 1.807) is 18.0 Å². The molecular weight excluding hydrogens is 273 g/mol. The van der Waals surface area contributed by atoms with Gasteiger partial charge in [0.1, 0.15) is 11.6 Å². The molecule has 1 aromatic rings. The number of thioether (sulfide) groups is 1. The number of halogens is 1. The number of aromatic nitrogens is 2. The lowest BCUT2D eigenvalue weighted by molar-refractivity contribution is 1.03. The van der Waals surface area contributed by atoms with Crippen molar-refractivity contribution in [1.29, 1.82) is 0 Å². The lowest BCUT2D eigenvalue weighted by Crippen LogP contribution is -1.99. The Morgan fingerprint density at radius 2 is 2.45 bits per heavy atom. The molecule has 0 aliphatic rings. The molecule has 0 radical (unpaired) electrons. The molecule has 0 bridgehead atoms. The van der Waals surface area contributed by atoms with E-state index in [9.17, 15) is 0 Å². The van der Waals surface area contributed by atoms with Gasteiger partial charge in [0.05, 0.1) is 9.32 Å². The van der Waals surface area contributed by atoms with Crippen molar-refractivity contribution in [3.05, 3.63) is 15.6 Å². The topological polar surface area (TPSA) is 51.8 Å². The lowest BCUT2D eigenvalue weighted by atomic mass is 10.5. The summed E-state index contributed by atoms with van der Waals surface area (Å²) in [4.78, 5) is 8.21. The van der Waals surface area contributed by atoms with Crippen LogP contribution in [-0.4, -0.2) is 16.2 Å². The van der Waals surface area contributed by atoms with Gasteiger partial charge in [-0.15, -0.1) is 0 Å². The predicted octanol–water partition coefficient (Wildman–Crippen LogP) is 1.53. The molecule has 0 aliphatic carbocycles. The Morgan fingerprint density at radius 3 is 3.00 bits per heavy atom. The van der Waals surface area contributed by atoms with Gasteiger partial charge in [-0.1, -0.05) is 0 Å². The number of nitrogens with zero attached hydrogens (tertiary/aromatic N) is 2. The summed E-state index contributed by atoms with van der Waals surface area (Å²) in [6.45, 7) is 0. The van der Waals surface area contributed by atoms with Crippen molar-refractivity contribution in [1.82, 2.24) is 9.97 Å². The first-order valence-electron chi connectivity index (χ1n) is 3.00. The molecule has 11 heavy (non-hydrogen) atoms. The van der Waals surface area contributed by atoms with Gasteiger partial charge in [-0.25, -0.2) is 9.97 Å². The maximum atomic E-state index is 5.58. The highest BCUT2D eigenvalue weighted by Gasteiger charge is 1.99. The van der Waals surface area contributed by atoms with Crippen LogP contribution in [0.3, 0.4) is 0 Å². The number of rotatable bonds is 2. The monoisotopic (exact) mass is 281 g/mol. The van der Waals surface area contributed by atoms with E-state index >= 15 is 0 Å². The second kappa shape index (κ2) is 4.10. The standard InChI is InChI=1S/C6H8IN3S/c1-11-3-5-9-2-4(7)6(8)10-5/h2H,3H2,1H3,(H2,8,9,10). The van der Waals surface area contributed by atoms with Gasteiger partial charge in [0.2, 0.25) is 0 Å². The Labute approximate surface area is 83.3 Å². The number of hydrogen-bond donors (Lipinski definition) is 1. The fourth-order valence-corrected chi connectivity index (χ4v) is 1.27. The quantitative estimate of drug-likeness (QED) is 0.835. The minimum Gasteiger partial charge on any atom is -0.383 e. The maximum absolute atomic E-state index is 5.58. The third-order valence-electron chi connectivity index (χ3n) is 1.09. The molecule has 0 fully saturated rings. The zero-order valence-corrected chi connectivity index (χ0v) is 9.02. The largest absolute Gasteiger partial charge is 0.383 e. The van der Waals surface area contributed by atoms with Crippen molar-refractivity contribution in [2.75, 3.05) is 12.0 Å². The smallest absolute Gasteiger partial charge is 0.140 e. The molecule has 1 heterocycles. The van der Waals surface area contributed by atoms with Crippen LogP contribution in [0.25, 0.3) is 0 Å². The number of nitrogens with two attached hydrogens (primary N) is 1. The third kappa shape index (κ3) is 2.48. The predicted molar refractivity (Wildman–Crippen MR) is 56.4 cm³/mol. The van der Waals surface area contributed by atoms with Crippen LogP contribution in [0.15, 0.2) is 6.20 Å². The molecule has 0 spiro atoms. The first-order chi connectivity index (χ1) is 5.24. The summed E-state index contributed by atoms with van der Waals surface area (Å²) in [5.74, 6) is 2.20. The molecule has 0 aliphatic heterocycles. The highest BCUT2D eigenvalue weighted by Crippen LogP contribution is 2.11. The summed E-state index contributed by atoms with van der Waals surface area (Å²) in [6.07, 6.45) is 3.76. The second-order valence-corrected chi connectivity index (χ2v) is 3.98. The van der Waals surface area contributed by atoms with Gasteiger partial charge < -0.3 is 5.73 Å². The molecule has 0 unspecified atom stereocenters. The molecule has 60 valence electrons. The Bertz CT molecular complexity index is 254. The van der Waals surface area contributed by atoms with Crippen LogP contribution in [0.5, 0.6) is 0 Å². The van der Waals surface area contributed by atoms with Gasteiger partial charge in [-0.3, -0.25) is 0 Å². The highest BCUT2D eigenvalue weighted by atomic mass is 127. The number of anilines is 1. The Hall–Kier alpha value is -0.0400.